The van der Waals surface area contributed by atoms with Crippen LogP contribution in [0.3, 0.4) is 0 Å². The first kappa shape index (κ1) is 63.0. The Morgan fingerprint density at radius 1 is 0.463 bits per heavy atom. The van der Waals surface area contributed by atoms with Crippen molar-refractivity contribution in [1.29, 1.82) is 0 Å². The van der Waals surface area contributed by atoms with Crippen molar-refractivity contribution in [2.75, 3.05) is 85.6 Å². The summed E-state index contributed by atoms with van der Waals surface area (Å²) in [4.78, 5) is 81.7. The van der Waals surface area contributed by atoms with Crippen LogP contribution in [0.4, 0.5) is 0 Å². The summed E-state index contributed by atoms with van der Waals surface area (Å²) >= 11 is 0. The van der Waals surface area contributed by atoms with E-state index in [9.17, 15) is 38.7 Å². The number of amides is 5. The zero-order valence-electron chi connectivity index (χ0n) is 40.2. The van der Waals surface area contributed by atoms with Crippen molar-refractivity contribution in [3.05, 3.63) is 0 Å². The highest BCUT2D eigenvalue weighted by atomic mass is 16.5. The Kier molecular flexibility index (Phi) is 43.0. The van der Waals surface area contributed by atoms with Crippen LogP contribution in [0.2, 0.25) is 0 Å². The minimum Gasteiger partial charge on any atom is -0.481 e. The second kappa shape index (κ2) is 45.8. The second-order valence-corrected chi connectivity index (χ2v) is 16.7. The van der Waals surface area contributed by atoms with Gasteiger partial charge in [0.15, 0.2) is 0 Å². The highest BCUT2D eigenvalue weighted by Crippen LogP contribution is 2.14. The van der Waals surface area contributed by atoms with Gasteiger partial charge in [-0.15, -0.1) is 0 Å². The van der Waals surface area contributed by atoms with Crippen LogP contribution >= 0.6 is 0 Å². The van der Waals surface area contributed by atoms with Crippen LogP contribution in [0.5, 0.6) is 0 Å². The number of hydrogen-bond donors (Lipinski definition) is 10. The average molecular weight is 962 g/mol. The molecule has 0 unspecified atom stereocenters. The molecule has 0 radical (unpaired) electrons. The molecule has 21 nitrogen and oxygen atoms in total. The number of carboxylic acid groups (broad SMARTS) is 2. The van der Waals surface area contributed by atoms with Crippen LogP contribution in [0.25, 0.3) is 0 Å². The summed E-state index contributed by atoms with van der Waals surface area (Å²) in [7, 11) is 0. The molecule has 390 valence electrons. The summed E-state index contributed by atoms with van der Waals surface area (Å²) in [5.74, 6) is -3.80. The number of carbonyl (C=O) groups is 7. The highest BCUT2D eigenvalue weighted by Gasteiger charge is 2.21. The minimum atomic E-state index is -1.18. The van der Waals surface area contributed by atoms with Gasteiger partial charge in [0, 0.05) is 51.5 Å². The van der Waals surface area contributed by atoms with Crippen LogP contribution in [0.1, 0.15) is 148 Å². The summed E-state index contributed by atoms with van der Waals surface area (Å²) in [6.45, 7) is 1.83. The van der Waals surface area contributed by atoms with Gasteiger partial charge in [0.05, 0.1) is 46.2 Å². The second-order valence-electron chi connectivity index (χ2n) is 16.7. The van der Waals surface area contributed by atoms with Crippen molar-refractivity contribution in [3.8, 4) is 0 Å². The molecule has 21 heteroatoms. The van der Waals surface area contributed by atoms with Gasteiger partial charge in [-0.1, -0.05) is 96.3 Å². The summed E-state index contributed by atoms with van der Waals surface area (Å²) in [5.41, 5.74) is 11.1. The van der Waals surface area contributed by atoms with E-state index >= 15 is 0 Å². The van der Waals surface area contributed by atoms with Crippen LogP contribution in [-0.2, 0) is 52.5 Å². The van der Waals surface area contributed by atoms with Crippen molar-refractivity contribution >= 4 is 41.5 Å². The molecule has 0 aliphatic rings. The Bertz CT molecular complexity index is 1320. The molecule has 67 heavy (non-hydrogen) atoms. The van der Waals surface area contributed by atoms with Crippen LogP contribution in [0, 0.1) is 0 Å². The number of aliphatic carboxylic acids is 2. The molecule has 0 fully saturated rings. The largest absolute Gasteiger partial charge is 0.481 e. The quantitative estimate of drug-likeness (QED) is 0.0389. The van der Waals surface area contributed by atoms with Gasteiger partial charge in [-0.3, -0.25) is 28.8 Å². The Balaban J connectivity index is 3.65. The number of unbranched alkanes of at least 4 members (excludes halogenated alkanes) is 16. The molecule has 0 saturated carbocycles. The van der Waals surface area contributed by atoms with Crippen LogP contribution in [-0.4, -0.2) is 161 Å². The molecule has 3 atom stereocenters. The van der Waals surface area contributed by atoms with E-state index < -0.39 is 36.5 Å². The lowest BCUT2D eigenvalue weighted by molar-refractivity contribution is -0.142. The lowest BCUT2D eigenvalue weighted by Crippen LogP contribution is -2.48. The number of aliphatic hydroxyl groups is 1. The summed E-state index contributed by atoms with van der Waals surface area (Å²) < 4.78 is 21.4. The predicted octanol–water partition coefficient (Wildman–Crippen LogP) is 1.79. The number of nitrogens with two attached hydrogens (primary N) is 2. The van der Waals surface area contributed by atoms with Gasteiger partial charge in [0.25, 0.3) is 0 Å². The first-order valence-electron chi connectivity index (χ1n) is 24.6. The van der Waals surface area contributed by atoms with E-state index in [0.717, 1.165) is 44.9 Å². The number of primary amides is 1. The standard InChI is InChI=1S/C46H87N7O14/c47-37(33-52-39(34-54)45(48)61)19-17-18-24-49-42(57)35-66-31-30-65-28-26-51-43(58)36-67-32-29-64-27-25-50-40(55)23-22-38(46(62)63)53-41(56)20-15-13-11-9-7-5-3-1-2-4-6-8-10-12-14-16-21-44(59)60/h37-39,52,54H,1-36,47H2,(H2,48,61)(H,49,57)(H,50,55)(H,51,58)(H,53,56)(H,59,60)(H,62,63)/t37-,38-,39-/m0/s1. The lowest BCUT2D eigenvalue weighted by atomic mass is 10.0. The normalized spacial score (nSPS) is 12.5. The van der Waals surface area contributed by atoms with Crippen LogP contribution < -0.4 is 38.1 Å². The van der Waals surface area contributed by atoms with Gasteiger partial charge in [0.2, 0.25) is 29.5 Å². The van der Waals surface area contributed by atoms with Gasteiger partial charge in [-0.05, 0) is 32.1 Å². The molecule has 5 amide bonds. The first-order chi connectivity index (χ1) is 32.3. The first-order valence-corrected chi connectivity index (χ1v) is 24.6. The molecule has 0 rings (SSSR count). The van der Waals surface area contributed by atoms with Crippen molar-refractivity contribution in [3.63, 3.8) is 0 Å². The molecule has 0 aromatic rings. The van der Waals surface area contributed by atoms with Crippen molar-refractivity contribution in [2.45, 2.75) is 166 Å². The molecule has 0 aliphatic heterocycles. The molecule has 0 spiro atoms. The molecule has 0 saturated heterocycles. The van der Waals surface area contributed by atoms with Gasteiger partial charge in [-0.25, -0.2) is 4.79 Å². The molecule has 0 aromatic carbocycles. The third-order valence-corrected chi connectivity index (χ3v) is 10.7. The number of rotatable bonds is 50. The van der Waals surface area contributed by atoms with E-state index in [2.05, 4.69) is 26.6 Å². The fourth-order valence-electron chi connectivity index (χ4n) is 6.73. The minimum absolute atomic E-state index is 0.0298. The molecule has 0 aromatic heterocycles. The van der Waals surface area contributed by atoms with Gasteiger partial charge in [-0.2, -0.15) is 0 Å². The molecular weight excluding hydrogens is 875 g/mol. The number of ether oxygens (including phenoxy) is 4. The van der Waals surface area contributed by atoms with E-state index in [1.807, 2.05) is 0 Å². The maximum atomic E-state index is 12.4. The molecule has 0 bridgehead atoms. The SMILES string of the molecule is NC(=O)[C@H](CO)NC[C@@H](N)CCCCNC(=O)COCCOCCNC(=O)COCCOCCNC(=O)CC[C@H](NC(=O)CCCCCCCCCCCCCCCCCCC(=O)O)C(=O)O. The predicted molar refractivity (Wildman–Crippen MR) is 252 cm³/mol. The van der Waals surface area contributed by atoms with Crippen molar-refractivity contribution < 1.29 is 67.8 Å². The van der Waals surface area contributed by atoms with Gasteiger partial charge >= 0.3 is 11.9 Å². The summed E-state index contributed by atoms with van der Waals surface area (Å²) in [6, 6.07) is -2.18. The third-order valence-electron chi connectivity index (χ3n) is 10.7. The number of aliphatic hydroxyl groups excluding tert-OH is 1. The van der Waals surface area contributed by atoms with E-state index in [1.54, 1.807) is 0 Å². The van der Waals surface area contributed by atoms with Crippen molar-refractivity contribution in [2.24, 2.45) is 11.5 Å². The van der Waals surface area contributed by atoms with E-state index in [1.165, 1.54) is 57.8 Å². The molecular formula is C46H87N7O14. The molecule has 0 heterocycles. The van der Waals surface area contributed by atoms with Crippen LogP contribution in [0.15, 0.2) is 0 Å². The van der Waals surface area contributed by atoms with Crippen molar-refractivity contribution in [1.82, 2.24) is 26.6 Å². The Labute approximate surface area is 398 Å². The zero-order chi connectivity index (χ0) is 49.6. The average Bonchev–Trinajstić information content (AvgIpc) is 3.28. The fraction of sp³-hybridized carbons (Fsp3) is 0.848. The number of nitrogens with one attached hydrogen (secondary N) is 5. The van der Waals surface area contributed by atoms with Gasteiger partial charge < -0.3 is 72.3 Å². The summed E-state index contributed by atoms with van der Waals surface area (Å²) in [6.07, 6.45) is 20.4. The monoisotopic (exact) mass is 962 g/mol. The van der Waals surface area contributed by atoms with Gasteiger partial charge in [0.1, 0.15) is 25.3 Å². The summed E-state index contributed by atoms with van der Waals surface area (Å²) in [5, 5.41) is 40.7. The lowest BCUT2D eigenvalue weighted by Gasteiger charge is -2.17. The maximum Gasteiger partial charge on any atom is 0.326 e. The number of carboxylic acids is 2. The number of hydrogen-bond acceptors (Lipinski definition) is 14. The Morgan fingerprint density at radius 3 is 1.37 bits per heavy atom. The zero-order valence-corrected chi connectivity index (χ0v) is 40.2. The Morgan fingerprint density at radius 2 is 0.910 bits per heavy atom. The topological polar surface area (TPSA) is 329 Å². The highest BCUT2D eigenvalue weighted by molar-refractivity contribution is 5.84. The van der Waals surface area contributed by atoms with E-state index in [4.69, 9.17) is 40.6 Å². The maximum absolute atomic E-state index is 12.4. The smallest absolute Gasteiger partial charge is 0.326 e. The third kappa shape index (κ3) is 44.3. The Hall–Kier alpha value is -3.99. The fourth-order valence-corrected chi connectivity index (χ4v) is 6.73. The molecule has 0 aliphatic carbocycles. The van der Waals surface area contributed by atoms with E-state index in [-0.39, 0.29) is 121 Å². The van der Waals surface area contributed by atoms with E-state index in [0.29, 0.717) is 32.4 Å². The number of carbonyl (C=O) groups excluding carboxylic acids is 5. The molecule has 12 N–H and O–H groups in total.